The van der Waals surface area contributed by atoms with Crippen molar-refractivity contribution < 1.29 is 18.0 Å². The molecule has 1 N–H and O–H groups in total. The van der Waals surface area contributed by atoms with Crippen LogP contribution in [-0.2, 0) is 17.5 Å². The molecule has 4 nitrogen and oxygen atoms in total. The molecule has 1 aromatic heterocycles. The molecule has 0 saturated heterocycles. The van der Waals surface area contributed by atoms with Gasteiger partial charge < -0.3 is 5.32 Å². The van der Waals surface area contributed by atoms with Crippen molar-refractivity contribution in [1.82, 2.24) is 9.78 Å². The number of aryl methyl sites for hydroxylation is 2. The molecule has 0 atom stereocenters. The average molecular weight is 297 g/mol. The van der Waals surface area contributed by atoms with Crippen LogP contribution in [0.25, 0.3) is 0 Å². The molecular weight excluding hydrogens is 283 g/mol. The first kappa shape index (κ1) is 15.1. The second kappa shape index (κ2) is 5.99. The lowest BCUT2D eigenvalue weighted by Crippen LogP contribution is -2.16. The molecule has 0 aliphatic carbocycles. The van der Waals surface area contributed by atoms with Crippen LogP contribution < -0.4 is 5.32 Å². The van der Waals surface area contributed by atoms with Gasteiger partial charge >= 0.3 is 6.18 Å². The SMILES string of the molecule is Cc1cc(C(F)(F)F)nn1CCC(=O)Nc1ccccc1. The van der Waals surface area contributed by atoms with E-state index in [0.717, 1.165) is 6.07 Å². The van der Waals surface area contributed by atoms with Crippen molar-refractivity contribution in [1.29, 1.82) is 0 Å². The Hall–Kier alpha value is -2.31. The number of hydrogen-bond donors (Lipinski definition) is 1. The number of carbonyl (C=O) groups is 1. The summed E-state index contributed by atoms with van der Waals surface area (Å²) in [5.74, 6) is -0.273. The summed E-state index contributed by atoms with van der Waals surface area (Å²) in [7, 11) is 0. The molecule has 112 valence electrons. The van der Waals surface area contributed by atoms with Crippen LogP contribution in [0.5, 0.6) is 0 Å². The molecule has 0 unspecified atom stereocenters. The molecule has 0 aliphatic rings. The van der Waals surface area contributed by atoms with Gasteiger partial charge in [-0.05, 0) is 25.1 Å². The lowest BCUT2D eigenvalue weighted by molar-refractivity contribution is -0.141. The van der Waals surface area contributed by atoms with E-state index in [0.29, 0.717) is 11.4 Å². The van der Waals surface area contributed by atoms with Crippen LogP contribution >= 0.6 is 0 Å². The van der Waals surface area contributed by atoms with Crippen molar-refractivity contribution in [3.63, 3.8) is 0 Å². The van der Waals surface area contributed by atoms with Crippen molar-refractivity contribution >= 4 is 11.6 Å². The van der Waals surface area contributed by atoms with Gasteiger partial charge in [0.2, 0.25) is 5.91 Å². The molecule has 0 spiro atoms. The van der Waals surface area contributed by atoms with E-state index in [1.165, 1.54) is 11.6 Å². The Morgan fingerprint density at radius 3 is 2.52 bits per heavy atom. The lowest BCUT2D eigenvalue weighted by atomic mass is 10.3. The molecule has 0 bridgehead atoms. The van der Waals surface area contributed by atoms with E-state index in [4.69, 9.17) is 0 Å². The van der Waals surface area contributed by atoms with E-state index in [9.17, 15) is 18.0 Å². The van der Waals surface area contributed by atoms with E-state index < -0.39 is 11.9 Å². The van der Waals surface area contributed by atoms with Gasteiger partial charge in [-0.1, -0.05) is 18.2 Å². The summed E-state index contributed by atoms with van der Waals surface area (Å²) < 4.78 is 38.7. The van der Waals surface area contributed by atoms with E-state index in [2.05, 4.69) is 10.4 Å². The smallest absolute Gasteiger partial charge is 0.326 e. The molecule has 0 fully saturated rings. The van der Waals surface area contributed by atoms with Crippen LogP contribution in [0.1, 0.15) is 17.8 Å². The predicted octanol–water partition coefficient (Wildman–Crippen LogP) is 3.24. The van der Waals surface area contributed by atoms with E-state index in [1.807, 2.05) is 6.07 Å². The minimum Gasteiger partial charge on any atom is -0.326 e. The number of carbonyl (C=O) groups excluding carboxylic acids is 1. The minimum atomic E-state index is -4.47. The standard InChI is InChI=1S/C14H14F3N3O/c1-10-9-12(14(15,16)17)19-20(10)8-7-13(21)18-11-5-3-2-4-6-11/h2-6,9H,7-8H2,1H3,(H,18,21). The molecule has 1 amide bonds. The van der Waals surface area contributed by atoms with Crippen molar-refractivity contribution in [2.45, 2.75) is 26.1 Å². The Morgan fingerprint density at radius 1 is 1.29 bits per heavy atom. The number of benzene rings is 1. The van der Waals surface area contributed by atoms with Crippen molar-refractivity contribution in [3.8, 4) is 0 Å². The van der Waals surface area contributed by atoms with Crippen LogP contribution in [0.2, 0.25) is 0 Å². The summed E-state index contributed by atoms with van der Waals surface area (Å²) in [6.45, 7) is 1.62. The molecule has 0 radical (unpaired) electrons. The van der Waals surface area contributed by atoms with E-state index in [1.54, 1.807) is 24.3 Å². The number of anilines is 1. The number of alkyl halides is 3. The highest BCUT2D eigenvalue weighted by Crippen LogP contribution is 2.28. The van der Waals surface area contributed by atoms with Gasteiger partial charge in [0.25, 0.3) is 0 Å². The van der Waals surface area contributed by atoms with E-state index >= 15 is 0 Å². The van der Waals surface area contributed by atoms with E-state index in [-0.39, 0.29) is 18.9 Å². The third-order valence-electron chi connectivity index (χ3n) is 2.88. The summed E-state index contributed by atoms with van der Waals surface area (Å²) in [6.07, 6.45) is -4.42. The zero-order valence-corrected chi connectivity index (χ0v) is 11.3. The van der Waals surface area contributed by atoms with Crippen LogP contribution in [0.4, 0.5) is 18.9 Å². The summed E-state index contributed by atoms with van der Waals surface area (Å²) in [5.41, 5.74) is 0.0778. The summed E-state index contributed by atoms with van der Waals surface area (Å²) in [5, 5.41) is 6.14. The molecule has 2 aromatic rings. The highest BCUT2D eigenvalue weighted by atomic mass is 19.4. The van der Waals surface area contributed by atoms with Gasteiger partial charge in [0.15, 0.2) is 5.69 Å². The normalized spacial score (nSPS) is 11.4. The maximum atomic E-state index is 12.5. The fourth-order valence-electron chi connectivity index (χ4n) is 1.83. The first-order valence-electron chi connectivity index (χ1n) is 6.33. The summed E-state index contributed by atoms with van der Waals surface area (Å²) in [4.78, 5) is 11.7. The lowest BCUT2D eigenvalue weighted by Gasteiger charge is -2.06. The maximum absolute atomic E-state index is 12.5. The molecule has 0 aliphatic heterocycles. The minimum absolute atomic E-state index is 0.0503. The van der Waals surface area contributed by atoms with Crippen LogP contribution in [0, 0.1) is 6.92 Å². The molecule has 7 heteroatoms. The zero-order valence-electron chi connectivity index (χ0n) is 11.3. The Kier molecular flexibility index (Phi) is 4.30. The maximum Gasteiger partial charge on any atom is 0.435 e. The highest BCUT2D eigenvalue weighted by molar-refractivity contribution is 5.90. The van der Waals surface area contributed by atoms with Gasteiger partial charge in [0, 0.05) is 24.3 Å². The molecule has 21 heavy (non-hydrogen) atoms. The third-order valence-corrected chi connectivity index (χ3v) is 2.88. The number of halogens is 3. The van der Waals surface area contributed by atoms with Crippen molar-refractivity contribution in [2.75, 3.05) is 5.32 Å². The molecule has 2 rings (SSSR count). The highest BCUT2D eigenvalue weighted by Gasteiger charge is 2.34. The van der Waals surface area contributed by atoms with Gasteiger partial charge in [0.05, 0.1) is 0 Å². The first-order chi connectivity index (χ1) is 9.86. The monoisotopic (exact) mass is 297 g/mol. The molecule has 0 saturated carbocycles. The molecular formula is C14H14F3N3O. The number of aromatic nitrogens is 2. The van der Waals surface area contributed by atoms with Gasteiger partial charge in [-0.3, -0.25) is 9.48 Å². The Labute approximate surface area is 119 Å². The van der Waals surface area contributed by atoms with Gasteiger partial charge in [-0.2, -0.15) is 18.3 Å². The average Bonchev–Trinajstić information content (AvgIpc) is 2.79. The molecule has 1 heterocycles. The number of rotatable bonds is 4. The largest absolute Gasteiger partial charge is 0.435 e. The number of amides is 1. The summed E-state index contributed by atoms with van der Waals surface area (Å²) in [6, 6.07) is 9.82. The number of nitrogens with one attached hydrogen (secondary N) is 1. The quantitative estimate of drug-likeness (QED) is 0.941. The number of nitrogens with zero attached hydrogens (tertiary/aromatic N) is 2. The van der Waals surface area contributed by atoms with Gasteiger partial charge in [-0.15, -0.1) is 0 Å². The predicted molar refractivity (Wildman–Crippen MR) is 71.7 cm³/mol. The number of para-hydroxylation sites is 1. The summed E-state index contributed by atoms with van der Waals surface area (Å²) >= 11 is 0. The first-order valence-corrected chi connectivity index (χ1v) is 6.33. The Morgan fingerprint density at radius 2 is 1.95 bits per heavy atom. The van der Waals surface area contributed by atoms with Gasteiger partial charge in [-0.25, -0.2) is 0 Å². The fraction of sp³-hybridized carbons (Fsp3) is 0.286. The zero-order chi connectivity index (χ0) is 15.5. The Balaban J connectivity index is 1.94. The second-order valence-electron chi connectivity index (χ2n) is 4.56. The Bertz CT molecular complexity index is 620. The topological polar surface area (TPSA) is 46.9 Å². The van der Waals surface area contributed by atoms with Crippen LogP contribution in [0.3, 0.4) is 0 Å². The second-order valence-corrected chi connectivity index (χ2v) is 4.56. The van der Waals surface area contributed by atoms with Crippen LogP contribution in [0.15, 0.2) is 36.4 Å². The molecule has 1 aromatic carbocycles. The van der Waals surface area contributed by atoms with Gasteiger partial charge in [0.1, 0.15) is 0 Å². The van der Waals surface area contributed by atoms with Crippen molar-refractivity contribution in [3.05, 3.63) is 47.8 Å². The van der Waals surface area contributed by atoms with Crippen LogP contribution in [-0.4, -0.2) is 15.7 Å². The third kappa shape index (κ3) is 4.08. The van der Waals surface area contributed by atoms with Crippen molar-refractivity contribution in [2.24, 2.45) is 0 Å². The number of hydrogen-bond acceptors (Lipinski definition) is 2. The fourth-order valence-corrected chi connectivity index (χ4v) is 1.83.